The van der Waals surface area contributed by atoms with Crippen LogP contribution in [0.4, 0.5) is 0 Å². The van der Waals surface area contributed by atoms with Crippen LogP contribution in [0.25, 0.3) is 0 Å². The molecular formula is C11H13Cl2NO3. The Balaban J connectivity index is 2.66. The molecule has 0 heterocycles. The summed E-state index contributed by atoms with van der Waals surface area (Å²) in [6.45, 7) is 0.833. The van der Waals surface area contributed by atoms with Crippen molar-refractivity contribution in [1.82, 2.24) is 5.32 Å². The van der Waals surface area contributed by atoms with Crippen molar-refractivity contribution in [3.63, 3.8) is 0 Å². The summed E-state index contributed by atoms with van der Waals surface area (Å²) in [5, 5.41) is 12.4. The smallest absolute Gasteiger partial charge is 0.304 e. The molecule has 0 aliphatic rings. The van der Waals surface area contributed by atoms with Gasteiger partial charge in [0.1, 0.15) is 5.75 Å². The molecule has 4 nitrogen and oxygen atoms in total. The third kappa shape index (κ3) is 4.42. The van der Waals surface area contributed by atoms with Crippen LogP contribution in [0.1, 0.15) is 12.0 Å². The van der Waals surface area contributed by atoms with Crippen LogP contribution >= 0.6 is 23.2 Å². The topological polar surface area (TPSA) is 58.6 Å². The molecule has 0 bridgehead atoms. The van der Waals surface area contributed by atoms with Gasteiger partial charge in [0.05, 0.1) is 18.6 Å². The zero-order chi connectivity index (χ0) is 12.8. The highest BCUT2D eigenvalue weighted by Gasteiger charge is 2.09. The lowest BCUT2D eigenvalue weighted by molar-refractivity contribution is -0.136. The summed E-state index contributed by atoms with van der Waals surface area (Å²) < 4.78 is 5.16. The van der Waals surface area contributed by atoms with Gasteiger partial charge in [-0.2, -0.15) is 0 Å². The highest BCUT2D eigenvalue weighted by atomic mass is 35.5. The van der Waals surface area contributed by atoms with Crippen LogP contribution in [-0.2, 0) is 11.3 Å². The maximum Gasteiger partial charge on any atom is 0.304 e. The molecule has 0 atom stereocenters. The van der Waals surface area contributed by atoms with Gasteiger partial charge in [-0.1, -0.05) is 23.2 Å². The van der Waals surface area contributed by atoms with Crippen LogP contribution < -0.4 is 10.1 Å². The van der Waals surface area contributed by atoms with Gasteiger partial charge in [-0.15, -0.1) is 0 Å². The van der Waals surface area contributed by atoms with Crippen LogP contribution in [0.3, 0.4) is 0 Å². The summed E-state index contributed by atoms with van der Waals surface area (Å²) in [4.78, 5) is 10.3. The quantitative estimate of drug-likeness (QED) is 0.785. The Morgan fingerprint density at radius 2 is 2.18 bits per heavy atom. The Labute approximate surface area is 109 Å². The maximum absolute atomic E-state index is 10.3. The number of carboxylic acids is 1. The fraction of sp³-hybridized carbons (Fsp3) is 0.364. The van der Waals surface area contributed by atoms with Gasteiger partial charge in [0.15, 0.2) is 0 Å². The average molecular weight is 278 g/mol. The first kappa shape index (κ1) is 14.1. The number of hydrogen-bond donors (Lipinski definition) is 2. The van der Waals surface area contributed by atoms with E-state index in [4.69, 9.17) is 33.0 Å². The number of benzene rings is 1. The normalized spacial score (nSPS) is 10.3. The van der Waals surface area contributed by atoms with Crippen LogP contribution in [0, 0.1) is 0 Å². The number of aliphatic carboxylic acids is 1. The first-order valence-corrected chi connectivity index (χ1v) is 5.74. The molecule has 1 aromatic carbocycles. The van der Waals surface area contributed by atoms with Crippen LogP contribution in [0.5, 0.6) is 5.75 Å². The monoisotopic (exact) mass is 277 g/mol. The van der Waals surface area contributed by atoms with Crippen molar-refractivity contribution in [2.75, 3.05) is 13.7 Å². The van der Waals surface area contributed by atoms with Gasteiger partial charge in [0, 0.05) is 23.7 Å². The van der Waals surface area contributed by atoms with E-state index in [2.05, 4.69) is 5.32 Å². The second kappa shape index (κ2) is 6.69. The predicted molar refractivity (Wildman–Crippen MR) is 67.0 cm³/mol. The van der Waals surface area contributed by atoms with Crippen LogP contribution in [-0.4, -0.2) is 24.7 Å². The van der Waals surface area contributed by atoms with E-state index in [0.717, 1.165) is 5.56 Å². The Bertz CT molecular complexity index is 410. The fourth-order valence-corrected chi connectivity index (χ4v) is 2.00. The first-order valence-electron chi connectivity index (χ1n) is 4.99. The van der Waals surface area contributed by atoms with E-state index in [9.17, 15) is 4.79 Å². The van der Waals surface area contributed by atoms with Gasteiger partial charge in [-0.05, 0) is 12.1 Å². The van der Waals surface area contributed by atoms with Gasteiger partial charge in [-0.25, -0.2) is 0 Å². The zero-order valence-electron chi connectivity index (χ0n) is 9.30. The molecule has 0 aromatic heterocycles. The highest BCUT2D eigenvalue weighted by molar-refractivity contribution is 6.35. The molecule has 6 heteroatoms. The Morgan fingerprint density at radius 1 is 1.47 bits per heavy atom. The lowest BCUT2D eigenvalue weighted by Gasteiger charge is -2.11. The van der Waals surface area contributed by atoms with Crippen molar-refractivity contribution in [2.24, 2.45) is 0 Å². The van der Waals surface area contributed by atoms with Crippen molar-refractivity contribution in [2.45, 2.75) is 13.0 Å². The largest absolute Gasteiger partial charge is 0.495 e. The summed E-state index contributed by atoms with van der Waals surface area (Å²) in [6.07, 6.45) is 0.0661. The summed E-state index contributed by atoms with van der Waals surface area (Å²) in [5.41, 5.74) is 0.801. The van der Waals surface area contributed by atoms with E-state index in [1.54, 1.807) is 12.1 Å². The standard InChI is InChI=1S/C11H13Cl2NO3/c1-17-11-7(4-8(12)5-9(11)13)6-14-3-2-10(15)16/h4-5,14H,2-3,6H2,1H3,(H,15,16). The van der Waals surface area contributed by atoms with E-state index in [0.29, 0.717) is 28.9 Å². The van der Waals surface area contributed by atoms with Gasteiger partial charge in [-0.3, -0.25) is 4.79 Å². The Hall–Kier alpha value is -0.970. The molecule has 94 valence electrons. The van der Waals surface area contributed by atoms with Crippen molar-refractivity contribution >= 4 is 29.2 Å². The number of nitrogens with one attached hydrogen (secondary N) is 1. The highest BCUT2D eigenvalue weighted by Crippen LogP contribution is 2.31. The molecule has 2 N–H and O–H groups in total. The van der Waals surface area contributed by atoms with Gasteiger partial charge in [0.25, 0.3) is 0 Å². The van der Waals surface area contributed by atoms with Gasteiger partial charge < -0.3 is 15.2 Å². The van der Waals surface area contributed by atoms with Crippen molar-refractivity contribution < 1.29 is 14.6 Å². The summed E-state index contributed by atoms with van der Waals surface area (Å²) in [5.74, 6) is -0.285. The number of carboxylic acid groups (broad SMARTS) is 1. The second-order valence-electron chi connectivity index (χ2n) is 3.40. The summed E-state index contributed by atoms with van der Waals surface area (Å²) in [6, 6.07) is 3.34. The molecule has 17 heavy (non-hydrogen) atoms. The molecule has 0 amide bonds. The molecular weight excluding hydrogens is 265 g/mol. The number of halogens is 2. The molecule has 0 radical (unpaired) electrons. The number of methoxy groups -OCH3 is 1. The molecule has 0 saturated heterocycles. The molecule has 0 fully saturated rings. The van der Waals surface area contributed by atoms with E-state index in [-0.39, 0.29) is 6.42 Å². The zero-order valence-corrected chi connectivity index (χ0v) is 10.8. The van der Waals surface area contributed by atoms with E-state index in [1.807, 2.05) is 0 Å². The molecule has 0 aliphatic heterocycles. The third-order valence-corrected chi connectivity index (χ3v) is 2.62. The molecule has 1 aromatic rings. The third-order valence-electron chi connectivity index (χ3n) is 2.12. The molecule has 1 rings (SSSR count). The Kier molecular flexibility index (Phi) is 5.55. The summed E-state index contributed by atoms with van der Waals surface area (Å²) in [7, 11) is 1.52. The SMILES string of the molecule is COc1c(Cl)cc(Cl)cc1CNCCC(=O)O. The van der Waals surface area contributed by atoms with E-state index < -0.39 is 5.97 Å². The van der Waals surface area contributed by atoms with Gasteiger partial charge >= 0.3 is 5.97 Å². The predicted octanol–water partition coefficient (Wildman–Crippen LogP) is 2.57. The summed E-state index contributed by atoms with van der Waals surface area (Å²) >= 11 is 11.8. The second-order valence-corrected chi connectivity index (χ2v) is 4.24. The number of ether oxygens (including phenoxy) is 1. The van der Waals surface area contributed by atoms with Gasteiger partial charge in [0.2, 0.25) is 0 Å². The van der Waals surface area contributed by atoms with Crippen molar-refractivity contribution in [1.29, 1.82) is 0 Å². The Morgan fingerprint density at radius 3 is 2.76 bits per heavy atom. The lowest BCUT2D eigenvalue weighted by Crippen LogP contribution is -2.18. The number of rotatable bonds is 6. The fourth-order valence-electron chi connectivity index (χ4n) is 1.39. The van der Waals surface area contributed by atoms with Crippen LogP contribution in [0.15, 0.2) is 12.1 Å². The van der Waals surface area contributed by atoms with Crippen LogP contribution in [0.2, 0.25) is 10.0 Å². The minimum atomic E-state index is -0.839. The number of hydrogen-bond acceptors (Lipinski definition) is 3. The minimum absolute atomic E-state index is 0.0661. The average Bonchev–Trinajstić information content (AvgIpc) is 2.23. The van der Waals surface area contributed by atoms with Crippen molar-refractivity contribution in [3.8, 4) is 5.75 Å². The first-order chi connectivity index (χ1) is 8.04. The minimum Gasteiger partial charge on any atom is -0.495 e. The van der Waals surface area contributed by atoms with Crippen molar-refractivity contribution in [3.05, 3.63) is 27.7 Å². The van der Waals surface area contributed by atoms with E-state index >= 15 is 0 Å². The molecule has 0 aliphatic carbocycles. The molecule has 0 saturated carbocycles. The maximum atomic E-state index is 10.3. The number of carbonyl (C=O) groups is 1. The lowest BCUT2D eigenvalue weighted by atomic mass is 10.2. The van der Waals surface area contributed by atoms with E-state index in [1.165, 1.54) is 7.11 Å². The molecule has 0 spiro atoms. The molecule has 0 unspecified atom stereocenters.